The summed E-state index contributed by atoms with van der Waals surface area (Å²) in [6, 6.07) is 0.599. The minimum absolute atomic E-state index is 0.412. The summed E-state index contributed by atoms with van der Waals surface area (Å²) in [5.74, 6) is 0.412. The van der Waals surface area contributed by atoms with E-state index in [9.17, 15) is 4.79 Å². The zero-order valence-corrected chi connectivity index (χ0v) is 14.4. The third-order valence-corrected chi connectivity index (χ3v) is 4.24. The van der Waals surface area contributed by atoms with Gasteiger partial charge in [0.15, 0.2) is 0 Å². The van der Waals surface area contributed by atoms with Gasteiger partial charge in [-0.25, -0.2) is 0 Å². The molecule has 0 aromatic heterocycles. The fraction of sp³-hybridized carbons (Fsp3) is 0.941. The lowest BCUT2D eigenvalue weighted by molar-refractivity contribution is -0.118. The molecule has 21 heavy (non-hydrogen) atoms. The zero-order chi connectivity index (χ0) is 15.5. The Morgan fingerprint density at radius 3 is 2.10 bits per heavy atom. The van der Waals surface area contributed by atoms with E-state index in [1.165, 1.54) is 52.1 Å². The number of ketones is 1. The van der Waals surface area contributed by atoms with Crippen molar-refractivity contribution < 1.29 is 4.79 Å². The van der Waals surface area contributed by atoms with Gasteiger partial charge in [0.1, 0.15) is 5.78 Å². The van der Waals surface area contributed by atoms with Gasteiger partial charge in [0.2, 0.25) is 0 Å². The number of Topliss-reactive ketones (excluding diaryl/α,β-unsaturated/α-hetero) is 1. The van der Waals surface area contributed by atoms with Gasteiger partial charge in [0.25, 0.3) is 0 Å². The summed E-state index contributed by atoms with van der Waals surface area (Å²) in [5, 5.41) is 3.48. The highest BCUT2D eigenvalue weighted by Crippen LogP contribution is 2.06. The summed E-state index contributed by atoms with van der Waals surface area (Å²) in [6.07, 6.45) is 4.96. The number of carbonyl (C=O) groups is 1. The molecule has 0 aromatic carbocycles. The molecule has 0 unspecified atom stereocenters. The highest BCUT2D eigenvalue weighted by molar-refractivity contribution is 5.77. The van der Waals surface area contributed by atoms with Crippen molar-refractivity contribution in [1.82, 2.24) is 15.1 Å². The maximum atomic E-state index is 11.2. The molecule has 1 fully saturated rings. The minimum Gasteiger partial charge on any atom is -0.314 e. The van der Waals surface area contributed by atoms with Gasteiger partial charge in [-0.3, -0.25) is 4.79 Å². The van der Waals surface area contributed by atoms with Crippen molar-refractivity contribution >= 4 is 5.78 Å². The first-order valence-electron chi connectivity index (χ1n) is 8.81. The number of hydrogen-bond donors (Lipinski definition) is 1. The molecule has 0 saturated carbocycles. The van der Waals surface area contributed by atoms with Gasteiger partial charge in [-0.1, -0.05) is 20.8 Å². The summed E-state index contributed by atoms with van der Waals surface area (Å²) >= 11 is 0. The second-order valence-electron chi connectivity index (χ2n) is 6.49. The summed E-state index contributed by atoms with van der Waals surface area (Å²) in [7, 11) is 0. The molecule has 1 aliphatic heterocycles. The van der Waals surface area contributed by atoms with E-state index in [-0.39, 0.29) is 0 Å². The van der Waals surface area contributed by atoms with Crippen LogP contribution in [-0.2, 0) is 4.79 Å². The molecule has 0 amide bonds. The van der Waals surface area contributed by atoms with Crippen molar-refractivity contribution in [2.45, 2.75) is 58.9 Å². The summed E-state index contributed by atoms with van der Waals surface area (Å²) in [6.45, 7) is 14.7. The molecule has 0 spiro atoms. The monoisotopic (exact) mass is 297 g/mol. The largest absolute Gasteiger partial charge is 0.314 e. The first kappa shape index (κ1) is 18.6. The van der Waals surface area contributed by atoms with Crippen molar-refractivity contribution in [3.05, 3.63) is 0 Å². The van der Waals surface area contributed by atoms with Gasteiger partial charge in [0, 0.05) is 45.1 Å². The normalized spacial score (nSPS) is 17.5. The number of nitrogens with zero attached hydrogens (tertiary/aromatic N) is 2. The number of carbonyl (C=O) groups excluding carboxylic acids is 1. The SMILES string of the molecule is CCC(=O)CCCCN1CCN(CCCNC(C)C)CC1. The molecule has 4 heteroatoms. The molecule has 0 bridgehead atoms. The molecule has 1 heterocycles. The van der Waals surface area contributed by atoms with E-state index in [1.54, 1.807) is 0 Å². The molecular weight excluding hydrogens is 262 g/mol. The van der Waals surface area contributed by atoms with Gasteiger partial charge in [-0.15, -0.1) is 0 Å². The van der Waals surface area contributed by atoms with Gasteiger partial charge >= 0.3 is 0 Å². The standard InChI is InChI=1S/C17H35N3O/c1-4-17(21)8-5-6-10-19-12-14-20(15-13-19)11-7-9-18-16(2)3/h16,18H,4-15H2,1-3H3. The molecular formula is C17H35N3O. The van der Waals surface area contributed by atoms with Crippen LogP contribution in [0.25, 0.3) is 0 Å². The Morgan fingerprint density at radius 2 is 1.57 bits per heavy atom. The Bertz CT molecular complexity index is 273. The maximum Gasteiger partial charge on any atom is 0.132 e. The highest BCUT2D eigenvalue weighted by Gasteiger charge is 2.15. The molecule has 4 nitrogen and oxygen atoms in total. The molecule has 1 aliphatic rings. The first-order valence-corrected chi connectivity index (χ1v) is 8.81. The lowest BCUT2D eigenvalue weighted by Crippen LogP contribution is -2.47. The van der Waals surface area contributed by atoms with E-state index in [0.717, 1.165) is 19.4 Å². The van der Waals surface area contributed by atoms with Gasteiger partial charge < -0.3 is 15.1 Å². The van der Waals surface area contributed by atoms with Crippen molar-refractivity contribution in [3.8, 4) is 0 Å². The smallest absolute Gasteiger partial charge is 0.132 e. The Kier molecular flexibility index (Phi) is 9.89. The van der Waals surface area contributed by atoms with Crippen molar-refractivity contribution in [3.63, 3.8) is 0 Å². The van der Waals surface area contributed by atoms with Crippen LogP contribution >= 0.6 is 0 Å². The lowest BCUT2D eigenvalue weighted by atomic mass is 10.1. The van der Waals surface area contributed by atoms with Crippen LogP contribution in [0.2, 0.25) is 0 Å². The average Bonchev–Trinajstić information content (AvgIpc) is 2.49. The van der Waals surface area contributed by atoms with Gasteiger partial charge in [-0.05, 0) is 38.9 Å². The number of hydrogen-bond acceptors (Lipinski definition) is 4. The van der Waals surface area contributed by atoms with Crippen LogP contribution in [-0.4, -0.2) is 67.4 Å². The Labute approximate surface area is 131 Å². The summed E-state index contributed by atoms with van der Waals surface area (Å²) in [5.41, 5.74) is 0. The van der Waals surface area contributed by atoms with E-state index in [1.807, 2.05) is 6.92 Å². The van der Waals surface area contributed by atoms with Crippen LogP contribution in [0.1, 0.15) is 52.9 Å². The predicted molar refractivity (Wildman–Crippen MR) is 89.8 cm³/mol. The van der Waals surface area contributed by atoms with Crippen LogP contribution in [0.5, 0.6) is 0 Å². The Morgan fingerprint density at radius 1 is 1.00 bits per heavy atom. The van der Waals surface area contributed by atoms with Gasteiger partial charge in [-0.2, -0.15) is 0 Å². The zero-order valence-electron chi connectivity index (χ0n) is 14.4. The number of piperazine rings is 1. The molecule has 1 saturated heterocycles. The second kappa shape index (κ2) is 11.2. The number of unbranched alkanes of at least 4 members (excludes halogenated alkanes) is 1. The lowest BCUT2D eigenvalue weighted by Gasteiger charge is -2.34. The third-order valence-electron chi connectivity index (χ3n) is 4.24. The van der Waals surface area contributed by atoms with Crippen LogP contribution in [0.15, 0.2) is 0 Å². The average molecular weight is 297 g/mol. The fourth-order valence-corrected chi connectivity index (χ4v) is 2.76. The van der Waals surface area contributed by atoms with E-state index in [4.69, 9.17) is 0 Å². The first-order chi connectivity index (χ1) is 10.1. The maximum absolute atomic E-state index is 11.2. The molecule has 1 rings (SSSR count). The van der Waals surface area contributed by atoms with Crippen molar-refractivity contribution in [2.75, 3.05) is 45.8 Å². The molecule has 0 radical (unpaired) electrons. The summed E-state index contributed by atoms with van der Waals surface area (Å²) < 4.78 is 0. The number of rotatable bonds is 11. The highest BCUT2D eigenvalue weighted by atomic mass is 16.1. The quantitative estimate of drug-likeness (QED) is 0.593. The van der Waals surface area contributed by atoms with E-state index in [2.05, 4.69) is 29.0 Å². The van der Waals surface area contributed by atoms with Crippen LogP contribution in [0, 0.1) is 0 Å². The fourth-order valence-electron chi connectivity index (χ4n) is 2.76. The second-order valence-corrected chi connectivity index (χ2v) is 6.49. The van der Waals surface area contributed by atoms with Gasteiger partial charge in [0.05, 0.1) is 0 Å². The van der Waals surface area contributed by atoms with E-state index in [0.29, 0.717) is 18.2 Å². The predicted octanol–water partition coefficient (Wildman–Crippen LogP) is 2.14. The molecule has 0 aromatic rings. The van der Waals surface area contributed by atoms with Crippen LogP contribution < -0.4 is 5.32 Å². The minimum atomic E-state index is 0.412. The molecule has 124 valence electrons. The topological polar surface area (TPSA) is 35.6 Å². The third kappa shape index (κ3) is 9.22. The van der Waals surface area contributed by atoms with Crippen LogP contribution in [0.3, 0.4) is 0 Å². The number of nitrogens with one attached hydrogen (secondary N) is 1. The van der Waals surface area contributed by atoms with Crippen molar-refractivity contribution in [2.24, 2.45) is 0 Å². The van der Waals surface area contributed by atoms with E-state index >= 15 is 0 Å². The van der Waals surface area contributed by atoms with Crippen molar-refractivity contribution in [1.29, 1.82) is 0 Å². The van der Waals surface area contributed by atoms with Crippen LogP contribution in [0.4, 0.5) is 0 Å². The van der Waals surface area contributed by atoms with E-state index < -0.39 is 0 Å². The summed E-state index contributed by atoms with van der Waals surface area (Å²) in [4.78, 5) is 16.4. The Balaban J connectivity index is 1.98. The molecule has 0 aliphatic carbocycles. The molecule has 0 atom stereocenters. The molecule has 1 N–H and O–H groups in total. The Hall–Kier alpha value is -0.450.